The molecule has 120 valence electrons. The van der Waals surface area contributed by atoms with Gasteiger partial charge in [0.05, 0.1) is 19.0 Å². The fourth-order valence-electron chi connectivity index (χ4n) is 2.16. The van der Waals surface area contributed by atoms with E-state index in [1.165, 1.54) is 0 Å². The van der Waals surface area contributed by atoms with E-state index in [4.69, 9.17) is 4.74 Å². The van der Waals surface area contributed by atoms with E-state index in [1.54, 1.807) is 43.6 Å². The van der Waals surface area contributed by atoms with Crippen LogP contribution in [0.3, 0.4) is 0 Å². The molecule has 0 aliphatic carbocycles. The number of anilines is 3. The van der Waals surface area contributed by atoms with Crippen molar-refractivity contribution in [3.05, 3.63) is 78.6 Å². The summed E-state index contributed by atoms with van der Waals surface area (Å²) < 4.78 is 5.09. The highest BCUT2D eigenvalue weighted by molar-refractivity contribution is 6.03. The molecule has 1 aromatic heterocycles. The van der Waals surface area contributed by atoms with Gasteiger partial charge in [0.1, 0.15) is 11.4 Å². The van der Waals surface area contributed by atoms with Gasteiger partial charge in [0.15, 0.2) is 0 Å². The van der Waals surface area contributed by atoms with Crippen LogP contribution < -0.4 is 15.4 Å². The molecular formula is C19H17N3O2. The van der Waals surface area contributed by atoms with Gasteiger partial charge >= 0.3 is 0 Å². The van der Waals surface area contributed by atoms with Gasteiger partial charge in [-0.2, -0.15) is 0 Å². The van der Waals surface area contributed by atoms with E-state index in [9.17, 15) is 4.79 Å². The molecule has 2 aromatic carbocycles. The summed E-state index contributed by atoms with van der Waals surface area (Å²) in [5.74, 6) is 0.480. The van der Waals surface area contributed by atoms with Crippen LogP contribution in [0.2, 0.25) is 0 Å². The molecule has 3 aromatic rings. The molecule has 0 aliphatic heterocycles. The Morgan fingerprint density at radius 2 is 1.58 bits per heavy atom. The van der Waals surface area contributed by atoms with Crippen molar-refractivity contribution >= 4 is 23.0 Å². The van der Waals surface area contributed by atoms with Crippen molar-refractivity contribution in [2.75, 3.05) is 17.7 Å². The number of amides is 1. The van der Waals surface area contributed by atoms with Crippen molar-refractivity contribution in [2.45, 2.75) is 0 Å². The Morgan fingerprint density at radius 1 is 0.875 bits per heavy atom. The summed E-state index contributed by atoms with van der Waals surface area (Å²) in [7, 11) is 1.60. The number of carbonyl (C=O) groups excluding carboxylic acids is 1. The predicted octanol–water partition coefficient (Wildman–Crippen LogP) is 4.09. The largest absolute Gasteiger partial charge is 0.497 e. The number of pyridine rings is 1. The maximum atomic E-state index is 12.2. The molecule has 3 rings (SSSR count). The van der Waals surface area contributed by atoms with Crippen LogP contribution in [0.15, 0.2) is 72.9 Å². The summed E-state index contributed by atoms with van der Waals surface area (Å²) >= 11 is 0. The fraction of sp³-hybridized carbons (Fsp3) is 0.0526. The summed E-state index contributed by atoms with van der Waals surface area (Å²) in [5, 5.41) is 6.03. The molecular weight excluding hydrogens is 302 g/mol. The van der Waals surface area contributed by atoms with Crippen LogP contribution in [-0.4, -0.2) is 18.0 Å². The minimum absolute atomic E-state index is 0.258. The van der Waals surface area contributed by atoms with Crippen LogP contribution in [-0.2, 0) is 0 Å². The minimum atomic E-state index is -0.258. The number of aromatic nitrogens is 1. The van der Waals surface area contributed by atoms with E-state index in [0.29, 0.717) is 11.4 Å². The fourth-order valence-corrected chi connectivity index (χ4v) is 2.16. The lowest BCUT2D eigenvalue weighted by Gasteiger charge is -2.08. The average molecular weight is 319 g/mol. The highest BCUT2D eigenvalue weighted by Crippen LogP contribution is 2.17. The molecule has 0 unspecified atom stereocenters. The molecule has 5 heteroatoms. The summed E-state index contributed by atoms with van der Waals surface area (Å²) in [6.07, 6.45) is 1.63. The van der Waals surface area contributed by atoms with Crippen LogP contribution in [0, 0.1) is 0 Å². The first kappa shape index (κ1) is 15.6. The van der Waals surface area contributed by atoms with Gasteiger partial charge in [0, 0.05) is 11.4 Å². The first-order chi connectivity index (χ1) is 11.7. The van der Waals surface area contributed by atoms with Gasteiger partial charge in [-0.1, -0.05) is 18.2 Å². The monoisotopic (exact) mass is 319 g/mol. The Kier molecular flexibility index (Phi) is 4.72. The van der Waals surface area contributed by atoms with Crippen molar-refractivity contribution in [3.8, 4) is 5.75 Å². The highest BCUT2D eigenvalue weighted by Gasteiger charge is 2.08. The highest BCUT2D eigenvalue weighted by atomic mass is 16.5. The van der Waals surface area contributed by atoms with Crippen molar-refractivity contribution in [2.24, 2.45) is 0 Å². The van der Waals surface area contributed by atoms with E-state index in [2.05, 4.69) is 15.6 Å². The van der Waals surface area contributed by atoms with Gasteiger partial charge in [0.25, 0.3) is 5.91 Å². The molecule has 1 heterocycles. The second-order valence-corrected chi connectivity index (χ2v) is 5.11. The van der Waals surface area contributed by atoms with Crippen LogP contribution in [0.4, 0.5) is 17.1 Å². The van der Waals surface area contributed by atoms with Gasteiger partial charge in [-0.25, -0.2) is 4.98 Å². The Morgan fingerprint density at radius 3 is 2.21 bits per heavy atom. The molecule has 0 aliphatic rings. The zero-order valence-electron chi connectivity index (χ0n) is 13.2. The smallest absolute Gasteiger partial charge is 0.274 e. The molecule has 0 radical (unpaired) electrons. The first-order valence-corrected chi connectivity index (χ1v) is 7.48. The Hall–Kier alpha value is -3.34. The summed E-state index contributed by atoms with van der Waals surface area (Å²) in [6.45, 7) is 0. The maximum absolute atomic E-state index is 12.2. The van der Waals surface area contributed by atoms with E-state index in [0.717, 1.165) is 17.1 Å². The van der Waals surface area contributed by atoms with Gasteiger partial charge in [-0.3, -0.25) is 4.79 Å². The Labute approximate surface area is 140 Å². The third kappa shape index (κ3) is 3.89. The lowest BCUT2D eigenvalue weighted by molar-refractivity contribution is 0.102. The van der Waals surface area contributed by atoms with Crippen LogP contribution in [0.1, 0.15) is 10.5 Å². The van der Waals surface area contributed by atoms with E-state index in [-0.39, 0.29) is 5.91 Å². The van der Waals surface area contributed by atoms with Crippen molar-refractivity contribution in [1.29, 1.82) is 0 Å². The molecule has 2 N–H and O–H groups in total. The lowest BCUT2D eigenvalue weighted by Crippen LogP contribution is -2.13. The zero-order valence-corrected chi connectivity index (χ0v) is 13.2. The number of rotatable bonds is 5. The third-order valence-corrected chi connectivity index (χ3v) is 3.41. The molecule has 1 amide bonds. The quantitative estimate of drug-likeness (QED) is 0.743. The summed E-state index contributed by atoms with van der Waals surface area (Å²) in [5.41, 5.74) is 2.83. The standard InChI is InChI=1S/C19H17N3O2/c1-24-17-10-7-15(8-11-17)22-19(23)18-12-9-16(13-20-18)21-14-5-3-2-4-6-14/h2-13,21H,1H3,(H,22,23). The number of hydrogen-bond donors (Lipinski definition) is 2. The molecule has 0 spiro atoms. The SMILES string of the molecule is COc1ccc(NC(=O)c2ccc(Nc3ccccc3)cn2)cc1. The number of benzene rings is 2. The number of para-hydroxylation sites is 1. The van der Waals surface area contributed by atoms with Gasteiger partial charge in [-0.15, -0.1) is 0 Å². The van der Waals surface area contributed by atoms with E-state index >= 15 is 0 Å². The number of nitrogens with one attached hydrogen (secondary N) is 2. The number of nitrogens with zero attached hydrogens (tertiary/aromatic N) is 1. The second kappa shape index (κ2) is 7.28. The molecule has 0 bridgehead atoms. The lowest BCUT2D eigenvalue weighted by atomic mass is 10.2. The normalized spacial score (nSPS) is 10.0. The molecule has 0 saturated carbocycles. The molecule has 0 atom stereocenters. The zero-order chi connectivity index (χ0) is 16.8. The molecule has 0 saturated heterocycles. The second-order valence-electron chi connectivity index (χ2n) is 5.11. The number of ether oxygens (including phenoxy) is 1. The topological polar surface area (TPSA) is 63.2 Å². The molecule has 5 nitrogen and oxygen atoms in total. The number of methoxy groups -OCH3 is 1. The van der Waals surface area contributed by atoms with E-state index < -0.39 is 0 Å². The van der Waals surface area contributed by atoms with Gasteiger partial charge in [-0.05, 0) is 48.5 Å². The Balaban J connectivity index is 1.64. The third-order valence-electron chi connectivity index (χ3n) is 3.41. The van der Waals surface area contributed by atoms with E-state index in [1.807, 2.05) is 36.4 Å². The van der Waals surface area contributed by atoms with Crippen LogP contribution in [0.25, 0.3) is 0 Å². The number of hydrogen-bond acceptors (Lipinski definition) is 4. The Bertz CT molecular complexity index is 800. The number of carbonyl (C=O) groups is 1. The predicted molar refractivity (Wildman–Crippen MR) is 94.9 cm³/mol. The van der Waals surface area contributed by atoms with Gasteiger partial charge < -0.3 is 15.4 Å². The molecule has 0 fully saturated rings. The van der Waals surface area contributed by atoms with Gasteiger partial charge in [0.2, 0.25) is 0 Å². The average Bonchev–Trinajstić information content (AvgIpc) is 2.64. The first-order valence-electron chi connectivity index (χ1n) is 7.48. The van der Waals surface area contributed by atoms with Crippen LogP contribution in [0.5, 0.6) is 5.75 Å². The van der Waals surface area contributed by atoms with Crippen LogP contribution >= 0.6 is 0 Å². The summed E-state index contributed by atoms with van der Waals surface area (Å²) in [4.78, 5) is 16.4. The minimum Gasteiger partial charge on any atom is -0.497 e. The summed E-state index contributed by atoms with van der Waals surface area (Å²) in [6, 6.07) is 20.4. The van der Waals surface area contributed by atoms with Crippen molar-refractivity contribution in [1.82, 2.24) is 4.98 Å². The maximum Gasteiger partial charge on any atom is 0.274 e. The molecule has 24 heavy (non-hydrogen) atoms. The van der Waals surface area contributed by atoms with Crippen molar-refractivity contribution < 1.29 is 9.53 Å². The van der Waals surface area contributed by atoms with Crippen molar-refractivity contribution in [3.63, 3.8) is 0 Å².